The maximum absolute atomic E-state index is 13.1. The average Bonchev–Trinajstić information content (AvgIpc) is 2.22. The molecule has 0 saturated heterocycles. The third-order valence-electron chi connectivity index (χ3n) is 2.32. The number of nitrogens with one attached hydrogen (secondary N) is 1. The van der Waals surface area contributed by atoms with Gasteiger partial charge in [-0.05, 0) is 30.7 Å². The van der Waals surface area contributed by atoms with Gasteiger partial charge in [0.15, 0.2) is 0 Å². The Morgan fingerprint density at radius 2 is 2.18 bits per heavy atom. The highest BCUT2D eigenvalue weighted by atomic mass is 19.1. The van der Waals surface area contributed by atoms with E-state index in [4.69, 9.17) is 5.73 Å². The fourth-order valence-corrected chi connectivity index (χ4v) is 1.47. The summed E-state index contributed by atoms with van der Waals surface area (Å²) in [6, 6.07) is 2.56. The highest BCUT2D eigenvalue weighted by molar-refractivity contribution is 5.82. The number of halogens is 1. The molecule has 0 spiro atoms. The predicted molar refractivity (Wildman–Crippen MR) is 62.8 cm³/mol. The zero-order valence-corrected chi connectivity index (χ0v) is 9.90. The van der Waals surface area contributed by atoms with Crippen LogP contribution in [0.25, 0.3) is 0 Å². The number of hydrogen-bond donors (Lipinski definition) is 3. The van der Waals surface area contributed by atoms with Gasteiger partial charge in [-0.25, -0.2) is 4.39 Å². The van der Waals surface area contributed by atoms with Crippen molar-refractivity contribution in [2.45, 2.75) is 19.9 Å². The summed E-state index contributed by atoms with van der Waals surface area (Å²) in [5, 5.41) is 12.5. The fourth-order valence-electron chi connectivity index (χ4n) is 1.47. The fraction of sp³-hybridized carbons (Fsp3) is 0.417. The van der Waals surface area contributed by atoms with E-state index in [-0.39, 0.29) is 11.3 Å². The molecule has 0 radical (unpaired) electrons. The first kappa shape index (κ1) is 13.4. The molecule has 0 aromatic heterocycles. The summed E-state index contributed by atoms with van der Waals surface area (Å²) in [6.07, 6.45) is 0. The molecule has 0 bridgehead atoms. The Hall–Kier alpha value is -1.62. The molecular formula is C12H17FN2O2. The lowest BCUT2D eigenvalue weighted by Crippen LogP contribution is -2.35. The first-order valence-corrected chi connectivity index (χ1v) is 5.43. The summed E-state index contributed by atoms with van der Waals surface area (Å²) < 4.78 is 13.1. The predicted octanol–water partition coefficient (Wildman–Crippen LogP) is 1.30. The summed E-state index contributed by atoms with van der Waals surface area (Å²) in [4.78, 5) is 11.3. The normalized spacial score (nSPS) is 12.7. The second-order valence-electron chi connectivity index (χ2n) is 4.34. The quantitative estimate of drug-likeness (QED) is 0.726. The van der Waals surface area contributed by atoms with Crippen molar-refractivity contribution >= 4 is 5.91 Å². The number of carbonyl (C=O) groups is 1. The summed E-state index contributed by atoms with van der Waals surface area (Å²) >= 11 is 0. The van der Waals surface area contributed by atoms with E-state index in [9.17, 15) is 14.3 Å². The van der Waals surface area contributed by atoms with E-state index in [2.05, 4.69) is 5.32 Å². The molecule has 94 valence electrons. The van der Waals surface area contributed by atoms with Gasteiger partial charge < -0.3 is 16.2 Å². The lowest BCUT2D eigenvalue weighted by molar-refractivity contribution is -0.120. The van der Waals surface area contributed by atoms with Gasteiger partial charge in [0.05, 0.1) is 0 Å². The second kappa shape index (κ2) is 5.63. The van der Waals surface area contributed by atoms with Crippen LogP contribution in [0.4, 0.5) is 4.39 Å². The highest BCUT2D eigenvalue weighted by Gasteiger charge is 2.21. The number of rotatable bonds is 5. The number of primary amides is 1. The number of aromatic hydroxyl groups is 1. The monoisotopic (exact) mass is 240 g/mol. The van der Waals surface area contributed by atoms with Crippen LogP contribution >= 0.6 is 0 Å². The molecule has 17 heavy (non-hydrogen) atoms. The zero-order chi connectivity index (χ0) is 13.0. The van der Waals surface area contributed by atoms with Crippen molar-refractivity contribution in [3.63, 3.8) is 0 Å². The summed E-state index contributed by atoms with van der Waals surface area (Å²) in [5.41, 5.74) is 5.40. The van der Waals surface area contributed by atoms with Gasteiger partial charge in [-0.2, -0.15) is 0 Å². The number of phenolic OH excluding ortho intramolecular Hbond substituents is 1. The smallest absolute Gasteiger partial charge is 0.239 e. The van der Waals surface area contributed by atoms with Crippen molar-refractivity contribution in [2.75, 3.05) is 6.54 Å². The van der Waals surface area contributed by atoms with E-state index < -0.39 is 17.8 Å². The third kappa shape index (κ3) is 3.71. The van der Waals surface area contributed by atoms with E-state index >= 15 is 0 Å². The van der Waals surface area contributed by atoms with Crippen molar-refractivity contribution in [1.29, 1.82) is 0 Å². The third-order valence-corrected chi connectivity index (χ3v) is 2.32. The highest BCUT2D eigenvalue weighted by Crippen LogP contribution is 2.24. The number of benzene rings is 1. The van der Waals surface area contributed by atoms with Crippen LogP contribution in [0.5, 0.6) is 5.75 Å². The lowest BCUT2D eigenvalue weighted by Gasteiger charge is -2.18. The molecule has 1 aromatic rings. The minimum atomic E-state index is -0.881. The maximum Gasteiger partial charge on any atom is 0.239 e. The van der Waals surface area contributed by atoms with Crippen molar-refractivity contribution in [1.82, 2.24) is 5.32 Å². The molecule has 1 atom stereocenters. The Morgan fingerprint density at radius 3 is 2.71 bits per heavy atom. The van der Waals surface area contributed by atoms with Gasteiger partial charge in [0, 0.05) is 5.56 Å². The van der Waals surface area contributed by atoms with Crippen LogP contribution in [0.1, 0.15) is 25.5 Å². The number of hydrogen-bond acceptors (Lipinski definition) is 3. The van der Waals surface area contributed by atoms with Crippen LogP contribution in [0.2, 0.25) is 0 Å². The molecule has 0 saturated carbocycles. The van der Waals surface area contributed by atoms with Crippen LogP contribution in [0, 0.1) is 11.7 Å². The Morgan fingerprint density at radius 1 is 1.53 bits per heavy atom. The van der Waals surface area contributed by atoms with Gasteiger partial charge >= 0.3 is 0 Å². The van der Waals surface area contributed by atoms with Gasteiger partial charge in [-0.3, -0.25) is 4.79 Å². The first-order valence-electron chi connectivity index (χ1n) is 5.43. The van der Waals surface area contributed by atoms with Gasteiger partial charge in [-0.15, -0.1) is 0 Å². The van der Waals surface area contributed by atoms with Gasteiger partial charge in [0.25, 0.3) is 0 Å². The second-order valence-corrected chi connectivity index (χ2v) is 4.34. The molecule has 0 heterocycles. The Labute approximate surface area is 99.6 Å². The molecule has 4 nitrogen and oxygen atoms in total. The van der Waals surface area contributed by atoms with Crippen molar-refractivity contribution in [2.24, 2.45) is 11.7 Å². The Balaban J connectivity index is 2.97. The van der Waals surface area contributed by atoms with Crippen LogP contribution in [-0.4, -0.2) is 17.6 Å². The van der Waals surface area contributed by atoms with E-state index in [1.165, 1.54) is 6.07 Å². The topological polar surface area (TPSA) is 75.3 Å². The molecule has 1 amide bonds. The SMILES string of the molecule is CC(C)CNC(C(N)=O)c1cc(F)ccc1O. The lowest BCUT2D eigenvalue weighted by atomic mass is 10.0. The van der Waals surface area contributed by atoms with E-state index in [1.54, 1.807) is 0 Å². The molecule has 1 rings (SSSR count). The first-order chi connectivity index (χ1) is 7.91. The van der Waals surface area contributed by atoms with E-state index in [1.807, 2.05) is 13.8 Å². The summed E-state index contributed by atoms with van der Waals surface area (Å²) in [7, 11) is 0. The molecule has 0 fully saturated rings. The Bertz CT molecular complexity index is 407. The average molecular weight is 240 g/mol. The van der Waals surface area contributed by atoms with Crippen molar-refractivity contribution in [3.05, 3.63) is 29.6 Å². The molecule has 4 N–H and O–H groups in total. The van der Waals surface area contributed by atoms with Crippen molar-refractivity contribution in [3.8, 4) is 5.75 Å². The van der Waals surface area contributed by atoms with Gasteiger partial charge in [0.1, 0.15) is 17.6 Å². The van der Waals surface area contributed by atoms with Crippen LogP contribution in [-0.2, 0) is 4.79 Å². The van der Waals surface area contributed by atoms with Crippen LogP contribution in [0.15, 0.2) is 18.2 Å². The number of nitrogens with two attached hydrogens (primary N) is 1. The van der Waals surface area contributed by atoms with Crippen LogP contribution < -0.4 is 11.1 Å². The summed E-state index contributed by atoms with van der Waals surface area (Å²) in [5.74, 6) is -0.999. The van der Waals surface area contributed by atoms with E-state index in [0.29, 0.717) is 12.5 Å². The minimum absolute atomic E-state index is 0.147. The van der Waals surface area contributed by atoms with Crippen molar-refractivity contribution < 1.29 is 14.3 Å². The Kier molecular flexibility index (Phi) is 4.45. The van der Waals surface area contributed by atoms with Crippen LogP contribution in [0.3, 0.4) is 0 Å². The molecule has 0 aliphatic heterocycles. The maximum atomic E-state index is 13.1. The minimum Gasteiger partial charge on any atom is -0.508 e. The molecule has 5 heteroatoms. The molecule has 0 aliphatic rings. The number of carbonyl (C=O) groups excluding carboxylic acids is 1. The van der Waals surface area contributed by atoms with E-state index in [0.717, 1.165) is 12.1 Å². The molecule has 1 aromatic carbocycles. The zero-order valence-electron chi connectivity index (χ0n) is 9.90. The molecule has 0 aliphatic carbocycles. The largest absolute Gasteiger partial charge is 0.508 e. The van der Waals surface area contributed by atoms with Gasteiger partial charge in [0.2, 0.25) is 5.91 Å². The number of amides is 1. The summed E-state index contributed by atoms with van der Waals surface area (Å²) in [6.45, 7) is 4.48. The number of phenols is 1. The molecular weight excluding hydrogens is 223 g/mol. The molecule has 1 unspecified atom stereocenters. The standard InChI is InChI=1S/C12H17FN2O2/c1-7(2)6-15-11(12(14)17)9-5-8(13)3-4-10(9)16/h3-5,7,11,15-16H,6H2,1-2H3,(H2,14,17). The van der Waals surface area contributed by atoms with Gasteiger partial charge in [-0.1, -0.05) is 13.8 Å².